The Hall–Kier alpha value is -2.24. The molecule has 0 radical (unpaired) electrons. The number of amides is 2. The van der Waals surface area contributed by atoms with Gasteiger partial charge in [-0.25, -0.2) is 0 Å². The van der Waals surface area contributed by atoms with Crippen molar-refractivity contribution >= 4 is 35.0 Å². The van der Waals surface area contributed by atoms with Crippen LogP contribution >= 0.6 is 23.2 Å². The highest BCUT2D eigenvalue weighted by Crippen LogP contribution is 2.23. The van der Waals surface area contributed by atoms with E-state index in [9.17, 15) is 9.59 Å². The lowest BCUT2D eigenvalue weighted by atomic mass is 10.0. The van der Waals surface area contributed by atoms with Crippen molar-refractivity contribution < 1.29 is 14.3 Å². The lowest BCUT2D eigenvalue weighted by Crippen LogP contribution is -2.33. The standard InChI is InChI=1S/C21H24Cl2N2O3/c1-14(26)25-20(16-6-8-17(28-2)9-7-16)13-21(27)24-11-3-4-15-5-10-18(22)19(23)12-15/h5-10,12,20H,3-4,11,13H2,1-2H3,(H,24,27)(H,25,26). The Bertz CT molecular complexity index is 810. The van der Waals surface area contributed by atoms with Crippen molar-refractivity contribution in [1.29, 1.82) is 0 Å². The maximum atomic E-state index is 12.3. The number of hydrogen-bond acceptors (Lipinski definition) is 3. The molecule has 0 heterocycles. The van der Waals surface area contributed by atoms with E-state index >= 15 is 0 Å². The van der Waals surface area contributed by atoms with Gasteiger partial charge in [0.25, 0.3) is 0 Å². The number of halogens is 2. The minimum atomic E-state index is -0.390. The van der Waals surface area contributed by atoms with Crippen LogP contribution in [0.2, 0.25) is 10.0 Å². The van der Waals surface area contributed by atoms with Crippen molar-refractivity contribution in [2.24, 2.45) is 0 Å². The lowest BCUT2D eigenvalue weighted by molar-refractivity contribution is -0.122. The Kier molecular flexibility index (Phi) is 8.61. The zero-order valence-electron chi connectivity index (χ0n) is 15.9. The molecule has 1 atom stereocenters. The van der Waals surface area contributed by atoms with Gasteiger partial charge in [-0.1, -0.05) is 41.4 Å². The number of benzene rings is 2. The van der Waals surface area contributed by atoms with Gasteiger partial charge < -0.3 is 15.4 Å². The monoisotopic (exact) mass is 422 g/mol. The summed E-state index contributed by atoms with van der Waals surface area (Å²) in [4.78, 5) is 23.8. The van der Waals surface area contributed by atoms with E-state index in [1.54, 1.807) is 25.3 Å². The van der Waals surface area contributed by atoms with Crippen LogP contribution in [0.15, 0.2) is 42.5 Å². The fraction of sp³-hybridized carbons (Fsp3) is 0.333. The van der Waals surface area contributed by atoms with Crippen molar-refractivity contribution in [1.82, 2.24) is 10.6 Å². The molecule has 1 unspecified atom stereocenters. The molecule has 0 saturated heterocycles. The van der Waals surface area contributed by atoms with Crippen LogP contribution in [0.4, 0.5) is 0 Å². The van der Waals surface area contributed by atoms with Crippen LogP contribution in [0.5, 0.6) is 5.75 Å². The number of ether oxygens (including phenoxy) is 1. The summed E-state index contributed by atoms with van der Waals surface area (Å²) < 4.78 is 5.14. The first-order valence-corrected chi connectivity index (χ1v) is 9.76. The van der Waals surface area contributed by atoms with E-state index in [1.807, 2.05) is 24.3 Å². The third-order valence-corrected chi connectivity index (χ3v) is 4.97. The molecule has 0 spiro atoms. The van der Waals surface area contributed by atoms with Crippen molar-refractivity contribution in [3.8, 4) is 5.75 Å². The largest absolute Gasteiger partial charge is 0.497 e. The first-order valence-electron chi connectivity index (χ1n) is 9.00. The summed E-state index contributed by atoms with van der Waals surface area (Å²) in [5.74, 6) is 0.411. The third-order valence-electron chi connectivity index (χ3n) is 4.23. The summed E-state index contributed by atoms with van der Waals surface area (Å²) in [6.07, 6.45) is 1.72. The summed E-state index contributed by atoms with van der Waals surface area (Å²) in [6, 6.07) is 12.4. The SMILES string of the molecule is COc1ccc(C(CC(=O)NCCCc2ccc(Cl)c(Cl)c2)NC(C)=O)cc1. The fourth-order valence-corrected chi connectivity index (χ4v) is 3.13. The van der Waals surface area contributed by atoms with Gasteiger partial charge in [0.05, 0.1) is 29.6 Å². The zero-order valence-corrected chi connectivity index (χ0v) is 17.4. The predicted octanol–water partition coefficient (Wildman–Crippen LogP) is 4.32. The molecule has 0 aromatic heterocycles. The van der Waals surface area contributed by atoms with Crippen molar-refractivity contribution in [2.45, 2.75) is 32.2 Å². The van der Waals surface area contributed by atoms with Gasteiger partial charge in [0.15, 0.2) is 0 Å². The number of rotatable bonds is 9. The molecule has 7 heteroatoms. The molecule has 2 aromatic rings. The minimum absolute atomic E-state index is 0.122. The molecule has 0 aliphatic heterocycles. The zero-order chi connectivity index (χ0) is 20.5. The number of nitrogens with one attached hydrogen (secondary N) is 2. The maximum absolute atomic E-state index is 12.3. The van der Waals surface area contributed by atoms with Gasteiger partial charge in [-0.3, -0.25) is 9.59 Å². The summed E-state index contributed by atoms with van der Waals surface area (Å²) >= 11 is 11.9. The van der Waals surface area contributed by atoms with Gasteiger partial charge in [-0.15, -0.1) is 0 Å². The van der Waals surface area contributed by atoms with Crippen molar-refractivity contribution in [2.75, 3.05) is 13.7 Å². The quantitative estimate of drug-likeness (QED) is 0.591. The van der Waals surface area contributed by atoms with Crippen LogP contribution in [0.3, 0.4) is 0 Å². The molecule has 5 nitrogen and oxygen atoms in total. The topological polar surface area (TPSA) is 67.4 Å². The van der Waals surface area contributed by atoms with E-state index in [0.717, 1.165) is 29.7 Å². The summed E-state index contributed by atoms with van der Waals surface area (Å²) in [5, 5.41) is 6.78. The summed E-state index contributed by atoms with van der Waals surface area (Å²) in [6.45, 7) is 1.97. The Morgan fingerprint density at radius 2 is 1.79 bits per heavy atom. The van der Waals surface area contributed by atoms with Gasteiger partial charge >= 0.3 is 0 Å². The molecular formula is C21H24Cl2N2O3. The van der Waals surface area contributed by atoms with Crippen LogP contribution < -0.4 is 15.4 Å². The fourth-order valence-electron chi connectivity index (χ4n) is 2.81. The molecule has 0 aliphatic carbocycles. The second-order valence-electron chi connectivity index (χ2n) is 6.43. The molecule has 2 aromatic carbocycles. The van der Waals surface area contributed by atoms with Crippen LogP contribution in [0, 0.1) is 0 Å². The Morgan fingerprint density at radius 1 is 1.07 bits per heavy atom. The third kappa shape index (κ3) is 7.06. The number of methoxy groups -OCH3 is 1. The van der Waals surface area contributed by atoms with E-state index in [-0.39, 0.29) is 18.2 Å². The normalized spacial score (nSPS) is 11.6. The lowest BCUT2D eigenvalue weighted by Gasteiger charge is -2.18. The van der Waals surface area contributed by atoms with Gasteiger partial charge in [0.1, 0.15) is 5.75 Å². The van der Waals surface area contributed by atoms with Crippen LogP contribution in [0.1, 0.15) is 36.9 Å². The molecule has 2 amide bonds. The molecule has 2 rings (SSSR count). The second-order valence-corrected chi connectivity index (χ2v) is 7.25. The molecular weight excluding hydrogens is 399 g/mol. The van der Waals surface area contributed by atoms with E-state index in [2.05, 4.69) is 10.6 Å². The minimum Gasteiger partial charge on any atom is -0.497 e. The average Bonchev–Trinajstić information content (AvgIpc) is 2.67. The van der Waals surface area contributed by atoms with Crippen LogP contribution in [0.25, 0.3) is 0 Å². The number of carbonyl (C=O) groups excluding carboxylic acids is 2. The van der Waals surface area contributed by atoms with E-state index in [1.165, 1.54) is 6.92 Å². The molecule has 0 aliphatic rings. The molecule has 0 fully saturated rings. The highest BCUT2D eigenvalue weighted by molar-refractivity contribution is 6.42. The highest BCUT2D eigenvalue weighted by Gasteiger charge is 2.17. The molecule has 2 N–H and O–H groups in total. The maximum Gasteiger partial charge on any atom is 0.222 e. The summed E-state index contributed by atoms with van der Waals surface area (Å²) in [5.41, 5.74) is 1.92. The van der Waals surface area contributed by atoms with Crippen molar-refractivity contribution in [3.63, 3.8) is 0 Å². The van der Waals surface area contributed by atoms with Gasteiger partial charge in [0.2, 0.25) is 11.8 Å². The molecule has 28 heavy (non-hydrogen) atoms. The Morgan fingerprint density at radius 3 is 2.39 bits per heavy atom. The Balaban J connectivity index is 1.84. The van der Waals surface area contributed by atoms with Crippen LogP contribution in [-0.2, 0) is 16.0 Å². The van der Waals surface area contributed by atoms with Gasteiger partial charge in [0, 0.05) is 13.5 Å². The van der Waals surface area contributed by atoms with E-state index in [0.29, 0.717) is 16.6 Å². The average molecular weight is 423 g/mol. The number of aryl methyl sites for hydroxylation is 1. The molecule has 0 saturated carbocycles. The Labute approximate surface area is 175 Å². The van der Waals surface area contributed by atoms with Crippen LogP contribution in [-0.4, -0.2) is 25.5 Å². The second kappa shape index (κ2) is 10.9. The molecule has 150 valence electrons. The highest BCUT2D eigenvalue weighted by atomic mass is 35.5. The van der Waals surface area contributed by atoms with Gasteiger partial charge in [-0.05, 0) is 48.2 Å². The van der Waals surface area contributed by atoms with Gasteiger partial charge in [-0.2, -0.15) is 0 Å². The summed E-state index contributed by atoms with van der Waals surface area (Å²) in [7, 11) is 1.59. The van der Waals surface area contributed by atoms with E-state index in [4.69, 9.17) is 27.9 Å². The number of carbonyl (C=O) groups is 2. The number of hydrogen-bond donors (Lipinski definition) is 2. The predicted molar refractivity (Wildman–Crippen MR) is 112 cm³/mol. The first-order chi connectivity index (χ1) is 13.4. The molecule has 0 bridgehead atoms. The van der Waals surface area contributed by atoms with Crippen molar-refractivity contribution in [3.05, 3.63) is 63.6 Å². The smallest absolute Gasteiger partial charge is 0.222 e. The first kappa shape index (κ1) is 22.1. The van der Waals surface area contributed by atoms with E-state index < -0.39 is 6.04 Å².